The first-order valence-electron chi connectivity index (χ1n) is 8.56. The van der Waals surface area contributed by atoms with Crippen LogP contribution in [0.2, 0.25) is 0 Å². The quantitative estimate of drug-likeness (QED) is 0.660. The minimum Gasteiger partial charge on any atom is -0.448 e. The van der Waals surface area contributed by atoms with Crippen molar-refractivity contribution in [1.82, 2.24) is 5.32 Å². The van der Waals surface area contributed by atoms with Gasteiger partial charge in [-0.2, -0.15) is 31.6 Å². The highest BCUT2D eigenvalue weighted by molar-refractivity contribution is 5.82. The maximum absolute atomic E-state index is 13.4. The molecule has 1 aliphatic heterocycles. The molecule has 2 rings (SSSR count). The summed E-state index contributed by atoms with van der Waals surface area (Å²) in [6.07, 6.45) is -15.5. The van der Waals surface area contributed by atoms with Gasteiger partial charge in [0.25, 0.3) is 5.91 Å². The number of amides is 2. The lowest BCUT2D eigenvalue weighted by molar-refractivity contribution is -0.213. The Hall–Kier alpha value is -3.21. The third kappa shape index (κ3) is 5.91. The van der Waals surface area contributed by atoms with Gasteiger partial charge >= 0.3 is 18.4 Å². The molecule has 1 heterocycles. The second kappa shape index (κ2) is 8.88. The molecular formula is C17H16F6N4O4. The molecule has 0 spiro atoms. The topological polar surface area (TPSA) is 118 Å². The number of carbonyl (C=O) groups is 2. The molecule has 0 aromatic heterocycles. The van der Waals surface area contributed by atoms with Gasteiger partial charge in [-0.3, -0.25) is 4.79 Å². The van der Waals surface area contributed by atoms with Gasteiger partial charge in [-0.1, -0.05) is 0 Å². The monoisotopic (exact) mass is 454 g/mol. The molecule has 3 N–H and O–H groups in total. The lowest BCUT2D eigenvalue weighted by Gasteiger charge is -2.27. The number of hydrogen-bond acceptors (Lipinski definition) is 6. The molecule has 1 aromatic carbocycles. The largest absolute Gasteiger partial charge is 0.448 e. The fraction of sp³-hybridized carbons (Fsp3) is 0.471. The van der Waals surface area contributed by atoms with Crippen LogP contribution < -0.4 is 16.0 Å². The zero-order valence-electron chi connectivity index (χ0n) is 15.8. The highest BCUT2D eigenvalue weighted by atomic mass is 19.4. The first kappa shape index (κ1) is 24.1. The van der Waals surface area contributed by atoms with Crippen LogP contribution in [-0.2, 0) is 20.4 Å². The maximum Gasteiger partial charge on any atom is 0.433 e. The van der Waals surface area contributed by atoms with Gasteiger partial charge < -0.3 is 25.4 Å². The SMILES string of the molecule is CC(COC(N)=O)NC(=O)[C@@H]1CN(c2ccc(C#N)c(C(F)(F)F)c2)[C@@H](C(F)(F)F)O1. The summed E-state index contributed by atoms with van der Waals surface area (Å²) in [5.41, 5.74) is 2.06. The van der Waals surface area contributed by atoms with Crippen molar-refractivity contribution in [1.29, 1.82) is 5.26 Å². The summed E-state index contributed by atoms with van der Waals surface area (Å²) in [5, 5.41) is 11.1. The Morgan fingerprint density at radius 3 is 2.52 bits per heavy atom. The number of rotatable bonds is 5. The molecule has 170 valence electrons. The predicted octanol–water partition coefficient (Wildman–Crippen LogP) is 2.27. The van der Waals surface area contributed by atoms with Crippen LogP contribution in [0.15, 0.2) is 18.2 Å². The molecule has 0 saturated carbocycles. The number of nitrogens with zero attached hydrogens (tertiary/aromatic N) is 2. The van der Waals surface area contributed by atoms with E-state index in [9.17, 15) is 35.9 Å². The zero-order valence-corrected chi connectivity index (χ0v) is 15.8. The van der Waals surface area contributed by atoms with Gasteiger partial charge in [-0.15, -0.1) is 0 Å². The van der Waals surface area contributed by atoms with Crippen LogP contribution >= 0.6 is 0 Å². The first-order valence-corrected chi connectivity index (χ1v) is 8.56. The number of anilines is 1. The smallest absolute Gasteiger partial charge is 0.433 e. The molecule has 1 unspecified atom stereocenters. The average Bonchev–Trinajstić information content (AvgIpc) is 3.11. The van der Waals surface area contributed by atoms with Crippen molar-refractivity contribution in [3.05, 3.63) is 29.3 Å². The number of hydrogen-bond donors (Lipinski definition) is 2. The molecule has 14 heteroatoms. The predicted molar refractivity (Wildman–Crippen MR) is 91.4 cm³/mol. The fourth-order valence-electron chi connectivity index (χ4n) is 2.81. The Balaban J connectivity index is 2.28. The Morgan fingerprint density at radius 1 is 1.35 bits per heavy atom. The Kier molecular flexibility index (Phi) is 6.89. The number of halogens is 6. The van der Waals surface area contributed by atoms with Crippen LogP contribution in [0.4, 0.5) is 36.8 Å². The summed E-state index contributed by atoms with van der Waals surface area (Å²) in [7, 11) is 0. The van der Waals surface area contributed by atoms with E-state index in [1.165, 1.54) is 13.0 Å². The second-order valence-corrected chi connectivity index (χ2v) is 6.55. The van der Waals surface area contributed by atoms with Crippen LogP contribution in [0, 0.1) is 11.3 Å². The number of carbonyl (C=O) groups excluding carboxylic acids is 2. The van der Waals surface area contributed by atoms with E-state index in [0.29, 0.717) is 11.0 Å². The van der Waals surface area contributed by atoms with Crippen LogP contribution in [0.25, 0.3) is 0 Å². The molecule has 2 amide bonds. The summed E-state index contributed by atoms with van der Waals surface area (Å²) in [5.74, 6) is -0.998. The number of nitriles is 1. The van der Waals surface area contributed by atoms with E-state index in [1.54, 1.807) is 0 Å². The van der Waals surface area contributed by atoms with Crippen molar-refractivity contribution in [3.63, 3.8) is 0 Å². The van der Waals surface area contributed by atoms with E-state index in [-0.39, 0.29) is 6.61 Å². The van der Waals surface area contributed by atoms with Gasteiger partial charge in [0.05, 0.1) is 29.8 Å². The molecular weight excluding hydrogens is 438 g/mol. The summed E-state index contributed by atoms with van der Waals surface area (Å²) in [4.78, 5) is 23.3. The van der Waals surface area contributed by atoms with E-state index in [0.717, 1.165) is 12.1 Å². The number of benzene rings is 1. The summed E-state index contributed by atoms with van der Waals surface area (Å²) < 4.78 is 89.1. The van der Waals surface area contributed by atoms with Crippen LogP contribution in [0.3, 0.4) is 0 Å². The molecule has 8 nitrogen and oxygen atoms in total. The second-order valence-electron chi connectivity index (χ2n) is 6.55. The highest BCUT2D eigenvalue weighted by Crippen LogP contribution is 2.39. The van der Waals surface area contributed by atoms with E-state index in [1.807, 2.05) is 0 Å². The van der Waals surface area contributed by atoms with Gasteiger partial charge in [0, 0.05) is 5.69 Å². The number of nitrogens with one attached hydrogen (secondary N) is 1. The van der Waals surface area contributed by atoms with E-state index in [4.69, 9.17) is 15.7 Å². The van der Waals surface area contributed by atoms with Crippen LogP contribution in [-0.4, -0.2) is 49.7 Å². The van der Waals surface area contributed by atoms with Gasteiger partial charge in [0.2, 0.25) is 6.23 Å². The molecule has 1 aromatic rings. The first-order chi connectivity index (χ1) is 14.2. The molecule has 1 saturated heterocycles. The van der Waals surface area contributed by atoms with Crippen molar-refractivity contribution in [2.24, 2.45) is 5.73 Å². The molecule has 31 heavy (non-hydrogen) atoms. The normalized spacial score (nSPS) is 20.1. The Morgan fingerprint density at radius 2 is 2.00 bits per heavy atom. The zero-order chi connectivity index (χ0) is 23.6. The van der Waals surface area contributed by atoms with Gasteiger partial charge in [0.1, 0.15) is 6.61 Å². The van der Waals surface area contributed by atoms with E-state index >= 15 is 0 Å². The van der Waals surface area contributed by atoms with Crippen molar-refractivity contribution in [3.8, 4) is 6.07 Å². The molecule has 0 bridgehead atoms. The Labute approximate surface area is 171 Å². The molecule has 1 fully saturated rings. The molecule has 0 aliphatic carbocycles. The molecule has 0 radical (unpaired) electrons. The molecule has 1 aliphatic rings. The minimum absolute atomic E-state index is 0.356. The van der Waals surface area contributed by atoms with Crippen LogP contribution in [0.1, 0.15) is 18.1 Å². The summed E-state index contributed by atoms with van der Waals surface area (Å²) in [6, 6.07) is 2.54. The summed E-state index contributed by atoms with van der Waals surface area (Å²) in [6.45, 7) is 0.304. The number of ether oxygens (including phenoxy) is 2. The van der Waals surface area contributed by atoms with Gasteiger partial charge in [-0.05, 0) is 25.1 Å². The maximum atomic E-state index is 13.4. The number of nitrogens with two attached hydrogens (primary N) is 1. The van der Waals surface area contributed by atoms with Gasteiger partial charge in [-0.25, -0.2) is 4.79 Å². The average molecular weight is 454 g/mol. The number of primary amides is 1. The molecule has 3 atom stereocenters. The fourth-order valence-corrected chi connectivity index (χ4v) is 2.81. The minimum atomic E-state index is -5.04. The van der Waals surface area contributed by atoms with Gasteiger partial charge in [0.15, 0.2) is 6.10 Å². The van der Waals surface area contributed by atoms with E-state index in [2.05, 4.69) is 10.1 Å². The van der Waals surface area contributed by atoms with Crippen molar-refractivity contribution in [2.75, 3.05) is 18.1 Å². The van der Waals surface area contributed by atoms with Crippen molar-refractivity contribution < 1.29 is 45.4 Å². The number of alkyl halides is 6. The van der Waals surface area contributed by atoms with Crippen LogP contribution in [0.5, 0.6) is 0 Å². The Bertz CT molecular complexity index is 883. The lowest BCUT2D eigenvalue weighted by atomic mass is 10.1. The standard InChI is InChI=1S/C17H16F6N4O4/c1-8(7-30-15(25)29)26-13(28)12-6-27(14(31-12)17(21,22)23)10-3-2-9(5-24)11(4-10)16(18,19)20/h2-4,8,12,14H,6-7H2,1H3,(H2,25,29)(H,26,28)/t8?,12-,14+/m0/s1. The third-order valence-electron chi connectivity index (χ3n) is 4.14. The lowest BCUT2D eigenvalue weighted by Crippen LogP contribution is -2.44. The third-order valence-corrected chi connectivity index (χ3v) is 4.14. The highest BCUT2D eigenvalue weighted by Gasteiger charge is 2.52. The summed E-state index contributed by atoms with van der Waals surface area (Å²) >= 11 is 0. The van der Waals surface area contributed by atoms with E-state index < -0.39 is 66.1 Å². The van der Waals surface area contributed by atoms with Crippen molar-refractivity contribution in [2.45, 2.75) is 37.7 Å². The van der Waals surface area contributed by atoms with Crippen molar-refractivity contribution >= 4 is 17.7 Å².